The van der Waals surface area contributed by atoms with E-state index in [1.807, 2.05) is 0 Å². The second-order valence-electron chi connectivity index (χ2n) is 5.91. The van der Waals surface area contributed by atoms with E-state index in [0.29, 0.717) is 6.04 Å². The molecule has 2 N–H and O–H groups in total. The van der Waals surface area contributed by atoms with Crippen LogP contribution < -0.4 is 5.73 Å². The lowest BCUT2D eigenvalue weighted by Gasteiger charge is -2.43. The fraction of sp³-hybridized carbons (Fsp3) is 1.00. The van der Waals surface area contributed by atoms with Gasteiger partial charge in [0.15, 0.2) is 0 Å². The van der Waals surface area contributed by atoms with Gasteiger partial charge >= 0.3 is 0 Å². The zero-order valence-corrected chi connectivity index (χ0v) is 10.5. The molecule has 2 atom stereocenters. The molecule has 0 spiro atoms. The topological polar surface area (TPSA) is 26.0 Å². The minimum Gasteiger partial charge on any atom is -0.328 e. The number of rotatable bonds is 2. The lowest BCUT2D eigenvalue weighted by atomic mass is 9.64. The maximum atomic E-state index is 6.15. The van der Waals surface area contributed by atoms with Crippen molar-refractivity contribution in [3.8, 4) is 0 Å². The summed E-state index contributed by atoms with van der Waals surface area (Å²) in [6, 6.07) is 0.450. The molecule has 0 aromatic heterocycles. The van der Waals surface area contributed by atoms with E-state index in [4.69, 9.17) is 5.73 Å². The average Bonchev–Trinajstić information content (AvgIpc) is 2.07. The summed E-state index contributed by atoms with van der Waals surface area (Å²) in [6.45, 7) is 11.8. The molecule has 0 aliphatic heterocycles. The van der Waals surface area contributed by atoms with Crippen molar-refractivity contribution in [3.05, 3.63) is 0 Å². The smallest absolute Gasteiger partial charge is 0.00445 e. The summed E-state index contributed by atoms with van der Waals surface area (Å²) in [4.78, 5) is 0. The van der Waals surface area contributed by atoms with Crippen LogP contribution in [-0.4, -0.2) is 6.04 Å². The molecule has 84 valence electrons. The molecule has 1 heteroatoms. The van der Waals surface area contributed by atoms with Crippen molar-refractivity contribution >= 4 is 0 Å². The Bertz CT molecular complexity index is 156. The van der Waals surface area contributed by atoms with Crippen LogP contribution in [0, 0.1) is 29.6 Å². The molecule has 1 aliphatic carbocycles. The molecule has 2 unspecified atom stereocenters. The third kappa shape index (κ3) is 2.50. The van der Waals surface area contributed by atoms with Crippen LogP contribution in [-0.2, 0) is 0 Å². The maximum Gasteiger partial charge on any atom is 0.00445 e. The average molecular weight is 197 g/mol. The molecule has 14 heavy (non-hydrogen) atoms. The third-order valence-corrected chi connectivity index (χ3v) is 4.21. The second-order valence-corrected chi connectivity index (χ2v) is 5.91. The molecule has 0 saturated heterocycles. The Labute approximate surface area is 89.5 Å². The van der Waals surface area contributed by atoms with E-state index in [0.717, 1.165) is 29.6 Å². The van der Waals surface area contributed by atoms with Crippen LogP contribution >= 0.6 is 0 Å². The Hall–Kier alpha value is -0.0400. The third-order valence-electron chi connectivity index (χ3n) is 4.21. The highest BCUT2D eigenvalue weighted by atomic mass is 14.7. The van der Waals surface area contributed by atoms with E-state index in [1.165, 1.54) is 12.8 Å². The maximum absolute atomic E-state index is 6.15. The molecule has 0 bridgehead atoms. The van der Waals surface area contributed by atoms with Gasteiger partial charge in [0.05, 0.1) is 0 Å². The number of nitrogens with two attached hydrogens (primary N) is 1. The lowest BCUT2D eigenvalue weighted by molar-refractivity contribution is 0.0834. The molecule has 0 aromatic carbocycles. The van der Waals surface area contributed by atoms with Crippen LogP contribution in [0.3, 0.4) is 0 Å². The molecule has 1 saturated carbocycles. The Balaban J connectivity index is 2.70. The van der Waals surface area contributed by atoms with Crippen LogP contribution in [0.1, 0.15) is 47.5 Å². The zero-order valence-electron chi connectivity index (χ0n) is 10.5. The minimum absolute atomic E-state index is 0.450. The zero-order chi connectivity index (χ0) is 10.9. The van der Waals surface area contributed by atoms with Crippen LogP contribution in [0.2, 0.25) is 0 Å². The van der Waals surface area contributed by atoms with Gasteiger partial charge in [-0.25, -0.2) is 0 Å². The summed E-state index contributed by atoms with van der Waals surface area (Å²) in [6.07, 6.45) is 2.48. The first-order chi connectivity index (χ1) is 6.43. The van der Waals surface area contributed by atoms with Crippen molar-refractivity contribution < 1.29 is 0 Å². The van der Waals surface area contributed by atoms with E-state index in [9.17, 15) is 0 Å². The largest absolute Gasteiger partial charge is 0.328 e. The van der Waals surface area contributed by atoms with Gasteiger partial charge in [-0.1, -0.05) is 34.6 Å². The predicted octanol–water partition coefficient (Wildman–Crippen LogP) is 3.29. The van der Waals surface area contributed by atoms with E-state index in [1.54, 1.807) is 0 Å². The summed E-state index contributed by atoms with van der Waals surface area (Å²) in [5, 5.41) is 0. The molecule has 0 radical (unpaired) electrons. The fourth-order valence-electron chi connectivity index (χ4n) is 3.30. The second kappa shape index (κ2) is 4.65. The summed E-state index contributed by atoms with van der Waals surface area (Å²) in [5.41, 5.74) is 6.15. The molecule has 1 rings (SSSR count). The van der Waals surface area contributed by atoms with Gasteiger partial charge in [-0.2, -0.15) is 0 Å². The Morgan fingerprint density at radius 1 is 0.929 bits per heavy atom. The molecule has 1 nitrogen and oxygen atoms in total. The van der Waals surface area contributed by atoms with Gasteiger partial charge in [0.25, 0.3) is 0 Å². The number of hydrogen-bond donors (Lipinski definition) is 1. The van der Waals surface area contributed by atoms with Gasteiger partial charge in [-0.15, -0.1) is 0 Å². The van der Waals surface area contributed by atoms with Gasteiger partial charge in [0, 0.05) is 6.04 Å². The fourth-order valence-corrected chi connectivity index (χ4v) is 3.30. The van der Waals surface area contributed by atoms with Crippen LogP contribution in [0.4, 0.5) is 0 Å². The van der Waals surface area contributed by atoms with Crippen molar-refractivity contribution in [2.24, 2.45) is 35.3 Å². The Kier molecular flexibility index (Phi) is 4.00. The van der Waals surface area contributed by atoms with Crippen molar-refractivity contribution in [2.75, 3.05) is 0 Å². The normalized spacial score (nSPS) is 39.4. The van der Waals surface area contributed by atoms with E-state index in [2.05, 4.69) is 34.6 Å². The van der Waals surface area contributed by atoms with Gasteiger partial charge < -0.3 is 5.73 Å². The van der Waals surface area contributed by atoms with E-state index in [-0.39, 0.29) is 0 Å². The molecule has 0 aromatic rings. The number of hydrogen-bond acceptors (Lipinski definition) is 1. The highest BCUT2D eigenvalue weighted by molar-refractivity contribution is 4.88. The minimum atomic E-state index is 0.450. The summed E-state index contributed by atoms with van der Waals surface area (Å²) in [5.74, 6) is 4.11. The predicted molar refractivity (Wildman–Crippen MR) is 63.0 cm³/mol. The molecular formula is C13H27N. The van der Waals surface area contributed by atoms with Gasteiger partial charge in [-0.3, -0.25) is 0 Å². The molecule has 1 fully saturated rings. The highest BCUT2D eigenvalue weighted by Crippen LogP contribution is 2.41. The van der Waals surface area contributed by atoms with Crippen LogP contribution in [0.15, 0.2) is 0 Å². The van der Waals surface area contributed by atoms with Crippen molar-refractivity contribution in [2.45, 2.75) is 53.5 Å². The molecule has 0 heterocycles. The first kappa shape index (κ1) is 12.0. The summed E-state index contributed by atoms with van der Waals surface area (Å²) in [7, 11) is 0. The van der Waals surface area contributed by atoms with Crippen molar-refractivity contribution in [1.82, 2.24) is 0 Å². The van der Waals surface area contributed by atoms with Gasteiger partial charge in [0.1, 0.15) is 0 Å². The molecular weight excluding hydrogens is 170 g/mol. The molecule has 1 aliphatic rings. The lowest BCUT2D eigenvalue weighted by Crippen LogP contribution is -2.42. The van der Waals surface area contributed by atoms with E-state index < -0.39 is 0 Å². The summed E-state index contributed by atoms with van der Waals surface area (Å²) >= 11 is 0. The quantitative estimate of drug-likeness (QED) is 0.722. The standard InChI is InChI=1S/C13H27N/c1-8(2)12-6-11(14)7-13(9(3)4)10(12)5/h8-13H,6-7,14H2,1-5H3. The Morgan fingerprint density at radius 3 is 1.57 bits per heavy atom. The first-order valence-corrected chi connectivity index (χ1v) is 6.19. The van der Waals surface area contributed by atoms with Crippen LogP contribution in [0.5, 0.6) is 0 Å². The highest BCUT2D eigenvalue weighted by Gasteiger charge is 2.36. The van der Waals surface area contributed by atoms with E-state index >= 15 is 0 Å². The Morgan fingerprint density at radius 2 is 1.29 bits per heavy atom. The SMILES string of the molecule is CC(C)C1CC(N)CC(C(C)C)C1C. The van der Waals surface area contributed by atoms with Crippen molar-refractivity contribution in [3.63, 3.8) is 0 Å². The van der Waals surface area contributed by atoms with Gasteiger partial charge in [-0.05, 0) is 42.4 Å². The van der Waals surface area contributed by atoms with Crippen molar-refractivity contribution in [1.29, 1.82) is 0 Å². The summed E-state index contributed by atoms with van der Waals surface area (Å²) < 4.78 is 0. The van der Waals surface area contributed by atoms with Crippen LogP contribution in [0.25, 0.3) is 0 Å². The van der Waals surface area contributed by atoms with Gasteiger partial charge in [0.2, 0.25) is 0 Å². The molecule has 0 amide bonds. The monoisotopic (exact) mass is 197 g/mol. The first-order valence-electron chi connectivity index (χ1n) is 6.19.